The van der Waals surface area contributed by atoms with Crippen LogP contribution in [0.5, 0.6) is 0 Å². The summed E-state index contributed by atoms with van der Waals surface area (Å²) in [7, 11) is 2.19. The van der Waals surface area contributed by atoms with Gasteiger partial charge in [0.25, 0.3) is 0 Å². The van der Waals surface area contributed by atoms with Crippen molar-refractivity contribution in [1.82, 2.24) is 0 Å². The van der Waals surface area contributed by atoms with Gasteiger partial charge in [-0.1, -0.05) is 11.6 Å². The van der Waals surface area contributed by atoms with Crippen molar-refractivity contribution in [1.29, 1.82) is 0 Å². The van der Waals surface area contributed by atoms with Crippen LogP contribution in [0.2, 0.25) is 5.02 Å². The monoisotopic (exact) mass is 268 g/mol. The Bertz CT molecular complexity index is 437. The van der Waals surface area contributed by atoms with Crippen molar-refractivity contribution in [3.8, 4) is 0 Å². The topological polar surface area (TPSA) is 29.3 Å². The minimum absolute atomic E-state index is 0.137. The molecule has 1 fully saturated rings. The molecule has 2 N–H and O–H groups in total. The minimum Gasteiger partial charge on any atom is -0.371 e. The van der Waals surface area contributed by atoms with Crippen LogP contribution >= 0.6 is 23.4 Å². The molecule has 17 heavy (non-hydrogen) atoms. The molecule has 2 nitrogen and oxygen atoms in total. The Morgan fingerprint density at radius 3 is 3.12 bits per heavy atom. The highest BCUT2D eigenvalue weighted by atomic mass is 35.5. The van der Waals surface area contributed by atoms with E-state index in [0.29, 0.717) is 12.0 Å². The Kier molecular flexibility index (Phi) is 3.01. The summed E-state index contributed by atoms with van der Waals surface area (Å²) >= 11 is 8.11. The van der Waals surface area contributed by atoms with Crippen molar-refractivity contribution in [3.63, 3.8) is 0 Å². The maximum absolute atomic E-state index is 6.43. The first kappa shape index (κ1) is 11.7. The van der Waals surface area contributed by atoms with E-state index < -0.39 is 0 Å². The van der Waals surface area contributed by atoms with Gasteiger partial charge in [-0.25, -0.2) is 0 Å². The lowest BCUT2D eigenvalue weighted by Gasteiger charge is -2.47. The molecule has 92 valence electrons. The van der Waals surface area contributed by atoms with E-state index in [1.54, 1.807) is 0 Å². The molecule has 3 atom stereocenters. The average molecular weight is 269 g/mol. The Hall–Kier alpha value is -0.380. The van der Waals surface area contributed by atoms with Crippen molar-refractivity contribution >= 4 is 29.1 Å². The van der Waals surface area contributed by atoms with Crippen LogP contribution in [0.3, 0.4) is 0 Å². The summed E-state index contributed by atoms with van der Waals surface area (Å²) in [5.74, 6) is 2.98. The summed E-state index contributed by atoms with van der Waals surface area (Å²) in [4.78, 5) is 2.40. The number of hydrogen-bond donors (Lipinski definition) is 1. The fraction of sp³-hybridized carbons (Fsp3) is 0.538. The molecule has 2 aliphatic heterocycles. The van der Waals surface area contributed by atoms with E-state index in [2.05, 4.69) is 18.0 Å². The van der Waals surface area contributed by atoms with Crippen molar-refractivity contribution in [2.24, 2.45) is 11.7 Å². The van der Waals surface area contributed by atoms with Gasteiger partial charge < -0.3 is 10.6 Å². The van der Waals surface area contributed by atoms with E-state index in [0.717, 1.165) is 5.02 Å². The first-order valence-corrected chi connectivity index (χ1v) is 7.57. The molecule has 1 saturated heterocycles. The fourth-order valence-electron chi connectivity index (χ4n) is 3.10. The van der Waals surface area contributed by atoms with Gasteiger partial charge >= 0.3 is 0 Å². The number of rotatable bonds is 0. The number of nitrogens with zero attached hydrogens (tertiary/aromatic N) is 1. The summed E-state index contributed by atoms with van der Waals surface area (Å²) in [6.45, 7) is 0. The van der Waals surface area contributed by atoms with Crippen molar-refractivity contribution in [2.45, 2.75) is 18.5 Å². The first-order valence-electron chi connectivity index (χ1n) is 6.04. The van der Waals surface area contributed by atoms with Gasteiger partial charge in [-0.2, -0.15) is 11.8 Å². The SMILES string of the molecule is CN1c2ccc(Cl)cc2C(N)C2CSCCC21. The Labute approximate surface area is 112 Å². The van der Waals surface area contributed by atoms with Crippen molar-refractivity contribution < 1.29 is 0 Å². The Balaban J connectivity index is 2.07. The number of thioether (sulfide) groups is 1. The number of anilines is 1. The maximum atomic E-state index is 6.43. The molecule has 0 saturated carbocycles. The molecule has 3 unspecified atom stereocenters. The van der Waals surface area contributed by atoms with Crippen molar-refractivity contribution in [3.05, 3.63) is 28.8 Å². The second-order valence-corrected chi connectivity index (χ2v) is 6.52. The second kappa shape index (κ2) is 4.38. The number of benzene rings is 1. The summed E-state index contributed by atoms with van der Waals surface area (Å²) in [5.41, 5.74) is 8.90. The van der Waals surface area contributed by atoms with Gasteiger partial charge in [0.2, 0.25) is 0 Å². The molecule has 0 amide bonds. The van der Waals surface area contributed by atoms with Gasteiger partial charge in [0.15, 0.2) is 0 Å². The summed E-state index contributed by atoms with van der Waals surface area (Å²) in [5, 5.41) is 0.787. The molecule has 1 aromatic carbocycles. The second-order valence-electron chi connectivity index (χ2n) is 4.93. The number of hydrogen-bond acceptors (Lipinski definition) is 3. The Morgan fingerprint density at radius 2 is 2.29 bits per heavy atom. The zero-order chi connectivity index (χ0) is 12.0. The normalized spacial score (nSPS) is 31.9. The quantitative estimate of drug-likeness (QED) is 0.785. The summed E-state index contributed by atoms with van der Waals surface area (Å²) in [6, 6.07) is 6.84. The van der Waals surface area contributed by atoms with Crippen LogP contribution in [0.1, 0.15) is 18.0 Å². The summed E-state index contributed by atoms with van der Waals surface area (Å²) in [6.07, 6.45) is 1.24. The smallest absolute Gasteiger partial charge is 0.0415 e. The standard InChI is InChI=1S/C13H17ClN2S/c1-16-11-3-2-8(14)6-9(11)13(15)10-7-17-5-4-12(10)16/h2-3,6,10,12-13H,4-5,7,15H2,1H3. The van der Waals surface area contributed by atoms with Gasteiger partial charge in [0, 0.05) is 35.8 Å². The predicted molar refractivity (Wildman–Crippen MR) is 76.0 cm³/mol. The molecular weight excluding hydrogens is 252 g/mol. The van der Waals surface area contributed by atoms with E-state index in [1.807, 2.05) is 23.9 Å². The van der Waals surface area contributed by atoms with Gasteiger partial charge in [-0.15, -0.1) is 0 Å². The zero-order valence-corrected chi connectivity index (χ0v) is 11.5. The predicted octanol–water partition coefficient (Wildman–Crippen LogP) is 2.91. The molecule has 0 spiro atoms. The van der Waals surface area contributed by atoms with Crippen LogP contribution in [-0.2, 0) is 0 Å². The Morgan fingerprint density at radius 1 is 1.47 bits per heavy atom. The van der Waals surface area contributed by atoms with E-state index >= 15 is 0 Å². The van der Waals surface area contributed by atoms with Crippen LogP contribution in [0.4, 0.5) is 5.69 Å². The lowest BCUT2D eigenvalue weighted by Crippen LogP contribution is -2.50. The highest BCUT2D eigenvalue weighted by Gasteiger charge is 2.39. The number of nitrogens with two attached hydrogens (primary N) is 1. The lowest BCUT2D eigenvalue weighted by atomic mass is 9.81. The number of halogens is 1. The zero-order valence-electron chi connectivity index (χ0n) is 9.90. The molecule has 2 heterocycles. The minimum atomic E-state index is 0.137. The highest BCUT2D eigenvalue weighted by Crippen LogP contribution is 2.44. The van der Waals surface area contributed by atoms with Crippen LogP contribution in [0, 0.1) is 5.92 Å². The molecule has 2 aliphatic rings. The van der Waals surface area contributed by atoms with E-state index in [9.17, 15) is 0 Å². The maximum Gasteiger partial charge on any atom is 0.0415 e. The van der Waals surface area contributed by atoms with E-state index in [-0.39, 0.29) is 6.04 Å². The molecule has 0 aromatic heterocycles. The third-order valence-electron chi connectivity index (χ3n) is 4.05. The largest absolute Gasteiger partial charge is 0.371 e. The van der Waals surface area contributed by atoms with Crippen LogP contribution in [-0.4, -0.2) is 24.6 Å². The fourth-order valence-corrected chi connectivity index (χ4v) is 4.55. The average Bonchev–Trinajstić information content (AvgIpc) is 2.36. The first-order chi connectivity index (χ1) is 8.18. The third kappa shape index (κ3) is 1.85. The summed E-state index contributed by atoms with van der Waals surface area (Å²) < 4.78 is 0. The van der Waals surface area contributed by atoms with Gasteiger partial charge in [0.05, 0.1) is 0 Å². The molecule has 4 heteroatoms. The van der Waals surface area contributed by atoms with E-state index in [1.165, 1.54) is 29.2 Å². The molecule has 0 radical (unpaired) electrons. The molecular formula is C13H17ClN2S. The van der Waals surface area contributed by atoms with Gasteiger partial charge in [-0.3, -0.25) is 0 Å². The molecule has 1 aromatic rings. The molecule has 0 aliphatic carbocycles. The highest BCUT2D eigenvalue weighted by molar-refractivity contribution is 7.99. The molecule has 3 rings (SSSR count). The van der Waals surface area contributed by atoms with Gasteiger partial charge in [0.1, 0.15) is 0 Å². The van der Waals surface area contributed by atoms with Crippen molar-refractivity contribution in [2.75, 3.05) is 23.5 Å². The van der Waals surface area contributed by atoms with Gasteiger partial charge in [-0.05, 0) is 41.7 Å². The van der Waals surface area contributed by atoms with Crippen LogP contribution in [0.25, 0.3) is 0 Å². The van der Waals surface area contributed by atoms with Crippen LogP contribution in [0.15, 0.2) is 18.2 Å². The van der Waals surface area contributed by atoms with Crippen LogP contribution < -0.4 is 10.6 Å². The molecule has 0 bridgehead atoms. The van der Waals surface area contributed by atoms with E-state index in [4.69, 9.17) is 17.3 Å². The lowest BCUT2D eigenvalue weighted by molar-refractivity contribution is 0.347. The third-order valence-corrected chi connectivity index (χ3v) is 5.43. The number of fused-ring (bicyclic) bond motifs is 2.